The van der Waals surface area contributed by atoms with Crippen LogP contribution in [0.15, 0.2) is 48.5 Å². The van der Waals surface area contributed by atoms with E-state index in [-0.39, 0.29) is 29.1 Å². The fraction of sp³-hybridized carbons (Fsp3) is 0.118. The first-order valence-corrected chi connectivity index (χ1v) is 6.45. The first-order chi connectivity index (χ1) is 10.0. The topological polar surface area (TPSA) is 71.4 Å². The lowest BCUT2D eigenvalue weighted by atomic mass is 9.95. The summed E-state index contributed by atoms with van der Waals surface area (Å²) in [4.78, 5) is 35.0. The molecule has 0 spiro atoms. The minimum Gasteiger partial charge on any atom is -0.478 e. The molecule has 0 fully saturated rings. The molecule has 0 saturated heterocycles. The molecule has 0 unspecified atom stereocenters. The highest BCUT2D eigenvalue weighted by molar-refractivity contribution is 6.07. The summed E-state index contributed by atoms with van der Waals surface area (Å²) in [6.45, 7) is 1.44. The van der Waals surface area contributed by atoms with Crippen molar-refractivity contribution in [3.05, 3.63) is 70.8 Å². The van der Waals surface area contributed by atoms with Crippen LogP contribution in [0.5, 0.6) is 0 Å². The predicted molar refractivity (Wildman–Crippen MR) is 77.9 cm³/mol. The Morgan fingerprint density at radius 3 is 1.95 bits per heavy atom. The molecular formula is C17H14O4. The molecule has 0 radical (unpaired) electrons. The highest BCUT2D eigenvalue weighted by atomic mass is 16.4. The summed E-state index contributed by atoms with van der Waals surface area (Å²) in [6, 6.07) is 12.9. The van der Waals surface area contributed by atoms with Crippen molar-refractivity contribution in [1.82, 2.24) is 0 Å². The summed E-state index contributed by atoms with van der Waals surface area (Å²) in [6.07, 6.45) is 0.0000463. The van der Waals surface area contributed by atoms with Crippen LogP contribution in [0.3, 0.4) is 0 Å². The smallest absolute Gasteiger partial charge is 0.336 e. The van der Waals surface area contributed by atoms with Gasteiger partial charge in [0.1, 0.15) is 0 Å². The minimum atomic E-state index is -1.14. The predicted octanol–water partition coefficient (Wildman–Crippen LogP) is 3.01. The molecule has 0 aliphatic carbocycles. The summed E-state index contributed by atoms with van der Waals surface area (Å²) in [5.41, 5.74) is 1.22. The van der Waals surface area contributed by atoms with Gasteiger partial charge in [-0.05, 0) is 18.6 Å². The highest BCUT2D eigenvalue weighted by Crippen LogP contribution is 2.16. The number of hydrogen-bond acceptors (Lipinski definition) is 3. The summed E-state index contributed by atoms with van der Waals surface area (Å²) < 4.78 is 0. The molecule has 4 nitrogen and oxygen atoms in total. The van der Waals surface area contributed by atoms with Gasteiger partial charge in [0.25, 0.3) is 0 Å². The maximum Gasteiger partial charge on any atom is 0.336 e. The number of hydrogen-bond donors (Lipinski definition) is 1. The van der Waals surface area contributed by atoms with Gasteiger partial charge < -0.3 is 5.11 Å². The van der Waals surface area contributed by atoms with Crippen LogP contribution in [0.2, 0.25) is 0 Å². The van der Waals surface area contributed by atoms with Gasteiger partial charge in [0, 0.05) is 17.5 Å². The van der Waals surface area contributed by atoms with Crippen LogP contribution in [-0.2, 0) is 6.42 Å². The van der Waals surface area contributed by atoms with Crippen molar-refractivity contribution in [2.75, 3.05) is 0 Å². The highest BCUT2D eigenvalue weighted by Gasteiger charge is 2.17. The van der Waals surface area contributed by atoms with Crippen molar-refractivity contribution in [3.8, 4) is 0 Å². The van der Waals surface area contributed by atoms with E-state index in [1.54, 1.807) is 36.4 Å². The van der Waals surface area contributed by atoms with Gasteiger partial charge in [0.2, 0.25) is 0 Å². The molecule has 0 aromatic heterocycles. The first-order valence-electron chi connectivity index (χ1n) is 6.45. The number of ketones is 2. The van der Waals surface area contributed by atoms with Crippen LogP contribution in [0.4, 0.5) is 0 Å². The van der Waals surface area contributed by atoms with E-state index in [1.807, 2.05) is 0 Å². The normalized spacial score (nSPS) is 10.1. The third-order valence-corrected chi connectivity index (χ3v) is 3.21. The van der Waals surface area contributed by atoms with Crippen LogP contribution in [-0.4, -0.2) is 22.6 Å². The van der Waals surface area contributed by atoms with Gasteiger partial charge >= 0.3 is 5.97 Å². The van der Waals surface area contributed by atoms with E-state index in [0.29, 0.717) is 11.1 Å². The summed E-state index contributed by atoms with van der Waals surface area (Å²) >= 11 is 0. The molecular weight excluding hydrogens is 268 g/mol. The summed E-state index contributed by atoms with van der Waals surface area (Å²) in [7, 11) is 0. The van der Waals surface area contributed by atoms with Crippen molar-refractivity contribution < 1.29 is 19.5 Å². The number of carbonyl (C=O) groups excluding carboxylic acids is 2. The molecule has 0 atom stereocenters. The molecule has 1 N–H and O–H groups in total. The zero-order chi connectivity index (χ0) is 15.4. The average molecular weight is 282 g/mol. The number of rotatable bonds is 5. The Hall–Kier alpha value is -2.75. The van der Waals surface area contributed by atoms with E-state index < -0.39 is 5.97 Å². The van der Waals surface area contributed by atoms with Crippen molar-refractivity contribution >= 4 is 17.5 Å². The first kappa shape index (κ1) is 14.7. The quantitative estimate of drug-likeness (QED) is 0.856. The Balaban J connectivity index is 2.36. The van der Waals surface area contributed by atoms with Crippen LogP contribution in [0.25, 0.3) is 0 Å². The van der Waals surface area contributed by atoms with Crippen LogP contribution >= 0.6 is 0 Å². The van der Waals surface area contributed by atoms with Gasteiger partial charge in [0.05, 0.1) is 5.56 Å². The van der Waals surface area contributed by atoms with E-state index in [9.17, 15) is 14.4 Å². The SMILES string of the molecule is CC(=O)c1ccccc1CC(=O)c1ccccc1C(=O)O. The Labute approximate surface area is 122 Å². The Bertz CT molecular complexity index is 716. The minimum absolute atomic E-state index is 0.0000463. The maximum absolute atomic E-state index is 12.3. The van der Waals surface area contributed by atoms with Gasteiger partial charge in [-0.3, -0.25) is 9.59 Å². The lowest BCUT2D eigenvalue weighted by Crippen LogP contribution is -2.12. The fourth-order valence-corrected chi connectivity index (χ4v) is 2.20. The fourth-order valence-electron chi connectivity index (χ4n) is 2.20. The number of aromatic carboxylic acids is 1. The lowest BCUT2D eigenvalue weighted by Gasteiger charge is -2.08. The molecule has 0 bridgehead atoms. The number of Topliss-reactive ketones (excluding diaryl/α,β-unsaturated/α-hetero) is 2. The van der Waals surface area contributed by atoms with Gasteiger partial charge in [-0.15, -0.1) is 0 Å². The largest absolute Gasteiger partial charge is 0.478 e. The van der Waals surface area contributed by atoms with Crippen molar-refractivity contribution in [1.29, 1.82) is 0 Å². The Morgan fingerprint density at radius 2 is 1.38 bits per heavy atom. The molecule has 0 aliphatic rings. The van der Waals surface area contributed by atoms with E-state index in [0.717, 1.165) is 0 Å². The molecule has 2 rings (SSSR count). The van der Waals surface area contributed by atoms with E-state index >= 15 is 0 Å². The van der Waals surface area contributed by atoms with E-state index in [4.69, 9.17) is 5.11 Å². The number of carboxylic acids is 1. The molecule has 106 valence electrons. The van der Waals surface area contributed by atoms with Crippen LogP contribution < -0.4 is 0 Å². The molecule has 2 aromatic rings. The number of carbonyl (C=O) groups is 3. The van der Waals surface area contributed by atoms with Crippen LogP contribution in [0, 0.1) is 0 Å². The third-order valence-electron chi connectivity index (χ3n) is 3.21. The zero-order valence-electron chi connectivity index (χ0n) is 11.5. The molecule has 0 saturated carbocycles. The summed E-state index contributed by atoms with van der Waals surface area (Å²) in [5, 5.41) is 9.12. The zero-order valence-corrected chi connectivity index (χ0v) is 11.5. The summed E-state index contributed by atoms with van der Waals surface area (Å²) in [5.74, 6) is -1.58. The number of carboxylic acid groups (broad SMARTS) is 1. The molecule has 21 heavy (non-hydrogen) atoms. The van der Waals surface area contributed by atoms with E-state index in [2.05, 4.69) is 0 Å². The second-order valence-electron chi connectivity index (χ2n) is 4.66. The lowest BCUT2D eigenvalue weighted by molar-refractivity contribution is 0.0691. The van der Waals surface area contributed by atoms with Crippen molar-refractivity contribution in [2.24, 2.45) is 0 Å². The second-order valence-corrected chi connectivity index (χ2v) is 4.66. The Kier molecular flexibility index (Phi) is 4.28. The molecule has 2 aromatic carbocycles. The van der Waals surface area contributed by atoms with Gasteiger partial charge in [0.15, 0.2) is 11.6 Å². The van der Waals surface area contributed by atoms with Crippen LogP contribution in [0.1, 0.15) is 43.6 Å². The Morgan fingerprint density at radius 1 is 0.857 bits per heavy atom. The van der Waals surface area contributed by atoms with Gasteiger partial charge in [-0.2, -0.15) is 0 Å². The standard InChI is InChI=1S/C17H14O4/c1-11(18)13-7-3-2-6-12(13)10-16(19)14-8-4-5-9-15(14)17(20)21/h2-9H,10H2,1H3,(H,20,21). The monoisotopic (exact) mass is 282 g/mol. The van der Waals surface area contributed by atoms with Gasteiger partial charge in [-0.1, -0.05) is 42.5 Å². The number of benzene rings is 2. The average Bonchev–Trinajstić information content (AvgIpc) is 2.47. The van der Waals surface area contributed by atoms with Crippen molar-refractivity contribution in [2.45, 2.75) is 13.3 Å². The van der Waals surface area contributed by atoms with E-state index in [1.165, 1.54) is 19.1 Å². The molecule has 0 aliphatic heterocycles. The van der Waals surface area contributed by atoms with Crippen molar-refractivity contribution in [3.63, 3.8) is 0 Å². The second kappa shape index (κ2) is 6.13. The molecule has 0 heterocycles. The van der Waals surface area contributed by atoms with Gasteiger partial charge in [-0.25, -0.2) is 4.79 Å². The molecule has 0 amide bonds. The third kappa shape index (κ3) is 3.23. The maximum atomic E-state index is 12.3. The molecule has 4 heteroatoms.